The molecule has 1 aromatic carbocycles. The number of hydrogen-bond donors (Lipinski definition) is 4. The summed E-state index contributed by atoms with van der Waals surface area (Å²) < 4.78 is 0. The summed E-state index contributed by atoms with van der Waals surface area (Å²) in [7, 11) is 0. The maximum Gasteiger partial charge on any atom is 0.271 e. The van der Waals surface area contributed by atoms with E-state index in [-0.39, 0.29) is 11.5 Å². The number of amides is 2. The summed E-state index contributed by atoms with van der Waals surface area (Å²) in [4.78, 5) is 35.8. The average molecular weight is 365 g/mol. The Labute approximate surface area is 155 Å². The van der Waals surface area contributed by atoms with Crippen LogP contribution < -0.4 is 22.1 Å². The molecule has 0 aliphatic heterocycles. The van der Waals surface area contributed by atoms with E-state index >= 15 is 0 Å². The highest BCUT2D eigenvalue weighted by atomic mass is 16.1. The second-order valence-electron chi connectivity index (χ2n) is 5.86. The number of primary amides is 2. The van der Waals surface area contributed by atoms with Crippen LogP contribution in [-0.2, 0) is 4.79 Å². The highest BCUT2D eigenvalue weighted by Gasteiger charge is 2.17. The molecule has 2 amide bonds. The topological polar surface area (TPSA) is 149 Å². The lowest BCUT2D eigenvalue weighted by Gasteiger charge is -2.15. The van der Waals surface area contributed by atoms with Gasteiger partial charge in [-0.3, -0.25) is 14.6 Å². The van der Waals surface area contributed by atoms with Gasteiger partial charge in [0.25, 0.3) is 5.91 Å². The van der Waals surface area contributed by atoms with Gasteiger partial charge in [0.05, 0.1) is 11.7 Å². The van der Waals surface area contributed by atoms with Crippen molar-refractivity contribution in [1.29, 1.82) is 0 Å². The van der Waals surface area contributed by atoms with Gasteiger partial charge in [0.1, 0.15) is 11.9 Å². The molecule has 1 atom stereocenters. The molecule has 0 saturated carbocycles. The van der Waals surface area contributed by atoms with Crippen LogP contribution in [0.25, 0.3) is 10.9 Å². The SMILES string of the molecule is CCC(Nc1cnc(C(N)=O)c(Nc2ccc3cccnc3c2)n1)C(N)=O. The van der Waals surface area contributed by atoms with Gasteiger partial charge in [0.15, 0.2) is 11.5 Å². The number of rotatable bonds is 7. The molecule has 1 unspecified atom stereocenters. The summed E-state index contributed by atoms with van der Waals surface area (Å²) in [6.07, 6.45) is 3.51. The predicted octanol–water partition coefficient (Wildman–Crippen LogP) is 1.54. The van der Waals surface area contributed by atoms with E-state index in [1.54, 1.807) is 6.20 Å². The zero-order valence-electron chi connectivity index (χ0n) is 14.6. The van der Waals surface area contributed by atoms with Gasteiger partial charge in [0.2, 0.25) is 5.91 Å². The fourth-order valence-electron chi connectivity index (χ4n) is 2.56. The standard InChI is InChI=1S/C18H19N7O2/c1-2-12(16(19)26)24-14-9-22-15(17(20)27)18(25-14)23-11-6-5-10-4-3-7-21-13(10)8-11/h3-9,12H,2H2,1H3,(H2,19,26)(H2,20,27)(H2,23,24,25). The highest BCUT2D eigenvalue weighted by molar-refractivity contribution is 5.96. The van der Waals surface area contributed by atoms with E-state index in [2.05, 4.69) is 25.6 Å². The number of benzene rings is 1. The van der Waals surface area contributed by atoms with Gasteiger partial charge in [0, 0.05) is 17.3 Å². The van der Waals surface area contributed by atoms with Gasteiger partial charge in [-0.05, 0) is 24.6 Å². The van der Waals surface area contributed by atoms with Crippen molar-refractivity contribution in [3.63, 3.8) is 0 Å². The normalized spacial score (nSPS) is 11.7. The number of fused-ring (bicyclic) bond motifs is 1. The molecule has 0 fully saturated rings. The molecule has 0 spiro atoms. The van der Waals surface area contributed by atoms with Crippen LogP contribution in [0.3, 0.4) is 0 Å². The number of pyridine rings is 1. The molecular formula is C18H19N7O2. The number of carbonyl (C=O) groups excluding carboxylic acids is 2. The zero-order chi connectivity index (χ0) is 19.4. The Hall–Kier alpha value is -3.75. The minimum absolute atomic E-state index is 0.0196. The smallest absolute Gasteiger partial charge is 0.271 e. The number of nitrogens with one attached hydrogen (secondary N) is 2. The molecule has 9 heteroatoms. The molecule has 2 heterocycles. The van der Waals surface area contributed by atoms with Crippen molar-refractivity contribution in [2.45, 2.75) is 19.4 Å². The third kappa shape index (κ3) is 4.09. The van der Waals surface area contributed by atoms with Gasteiger partial charge in [-0.2, -0.15) is 0 Å². The van der Waals surface area contributed by atoms with Crippen molar-refractivity contribution in [2.24, 2.45) is 11.5 Å². The van der Waals surface area contributed by atoms with E-state index in [9.17, 15) is 9.59 Å². The predicted molar refractivity (Wildman–Crippen MR) is 102 cm³/mol. The van der Waals surface area contributed by atoms with Gasteiger partial charge in [-0.15, -0.1) is 0 Å². The quantitative estimate of drug-likeness (QED) is 0.496. The molecule has 0 aliphatic rings. The molecule has 3 aromatic rings. The fourth-order valence-corrected chi connectivity index (χ4v) is 2.56. The number of nitrogens with zero attached hydrogens (tertiary/aromatic N) is 3. The number of anilines is 3. The molecule has 27 heavy (non-hydrogen) atoms. The van der Waals surface area contributed by atoms with E-state index < -0.39 is 17.9 Å². The first-order chi connectivity index (χ1) is 13.0. The van der Waals surface area contributed by atoms with Crippen LogP contribution in [0, 0.1) is 0 Å². The van der Waals surface area contributed by atoms with Gasteiger partial charge >= 0.3 is 0 Å². The number of aromatic nitrogens is 3. The lowest BCUT2D eigenvalue weighted by Crippen LogP contribution is -2.35. The van der Waals surface area contributed by atoms with Crippen LogP contribution in [0.5, 0.6) is 0 Å². The molecule has 138 valence electrons. The Morgan fingerprint density at radius 1 is 1.19 bits per heavy atom. The maximum absolute atomic E-state index is 11.7. The van der Waals surface area contributed by atoms with Crippen molar-refractivity contribution in [3.05, 3.63) is 48.4 Å². The van der Waals surface area contributed by atoms with Crippen LogP contribution in [-0.4, -0.2) is 32.8 Å². The van der Waals surface area contributed by atoms with E-state index in [4.69, 9.17) is 11.5 Å². The Morgan fingerprint density at radius 3 is 2.70 bits per heavy atom. The lowest BCUT2D eigenvalue weighted by atomic mass is 10.2. The fraction of sp³-hybridized carbons (Fsp3) is 0.167. The Bertz CT molecular complexity index is 1010. The van der Waals surface area contributed by atoms with E-state index in [0.29, 0.717) is 17.9 Å². The molecule has 0 radical (unpaired) electrons. The van der Waals surface area contributed by atoms with Gasteiger partial charge < -0.3 is 22.1 Å². The van der Waals surface area contributed by atoms with Crippen molar-refractivity contribution >= 4 is 40.0 Å². The summed E-state index contributed by atoms with van der Waals surface area (Å²) in [6.45, 7) is 1.81. The highest BCUT2D eigenvalue weighted by Crippen LogP contribution is 2.22. The monoisotopic (exact) mass is 365 g/mol. The molecule has 9 nitrogen and oxygen atoms in total. The van der Waals surface area contributed by atoms with Crippen LogP contribution >= 0.6 is 0 Å². The summed E-state index contributed by atoms with van der Waals surface area (Å²) >= 11 is 0. The first-order valence-electron chi connectivity index (χ1n) is 8.32. The molecule has 0 saturated heterocycles. The summed E-state index contributed by atoms with van der Waals surface area (Å²) in [6, 6.07) is 8.74. The Kier molecular flexibility index (Phi) is 5.11. The maximum atomic E-state index is 11.7. The largest absolute Gasteiger partial charge is 0.368 e. The molecular weight excluding hydrogens is 346 g/mol. The molecule has 0 aliphatic carbocycles. The third-order valence-electron chi connectivity index (χ3n) is 3.95. The molecule has 6 N–H and O–H groups in total. The minimum Gasteiger partial charge on any atom is -0.368 e. The first kappa shape index (κ1) is 18.1. The second-order valence-corrected chi connectivity index (χ2v) is 5.86. The van der Waals surface area contributed by atoms with E-state index in [1.807, 2.05) is 37.3 Å². The van der Waals surface area contributed by atoms with Gasteiger partial charge in [-0.25, -0.2) is 9.97 Å². The zero-order valence-corrected chi connectivity index (χ0v) is 14.6. The minimum atomic E-state index is -0.725. The molecule has 0 bridgehead atoms. The Morgan fingerprint density at radius 2 is 2.00 bits per heavy atom. The van der Waals surface area contributed by atoms with Crippen LogP contribution in [0.4, 0.5) is 17.3 Å². The second kappa shape index (κ2) is 7.65. The van der Waals surface area contributed by atoms with Crippen molar-refractivity contribution in [2.75, 3.05) is 10.6 Å². The molecule has 3 rings (SSSR count). The Balaban J connectivity index is 1.94. The van der Waals surface area contributed by atoms with E-state index in [0.717, 1.165) is 10.9 Å². The number of nitrogens with two attached hydrogens (primary N) is 2. The van der Waals surface area contributed by atoms with Crippen LogP contribution in [0.2, 0.25) is 0 Å². The van der Waals surface area contributed by atoms with Crippen LogP contribution in [0.1, 0.15) is 23.8 Å². The number of hydrogen-bond acceptors (Lipinski definition) is 7. The van der Waals surface area contributed by atoms with Crippen molar-refractivity contribution < 1.29 is 9.59 Å². The first-order valence-corrected chi connectivity index (χ1v) is 8.32. The van der Waals surface area contributed by atoms with Gasteiger partial charge in [-0.1, -0.05) is 19.1 Å². The summed E-state index contributed by atoms with van der Waals surface area (Å²) in [5, 5.41) is 6.91. The number of carbonyl (C=O) groups is 2. The third-order valence-corrected chi connectivity index (χ3v) is 3.95. The van der Waals surface area contributed by atoms with Crippen molar-refractivity contribution in [3.8, 4) is 0 Å². The van der Waals surface area contributed by atoms with E-state index in [1.165, 1.54) is 6.20 Å². The summed E-state index contributed by atoms with van der Waals surface area (Å²) in [5.74, 6) is -0.764. The lowest BCUT2D eigenvalue weighted by molar-refractivity contribution is -0.118. The van der Waals surface area contributed by atoms with Crippen LogP contribution in [0.15, 0.2) is 42.7 Å². The average Bonchev–Trinajstić information content (AvgIpc) is 2.65. The van der Waals surface area contributed by atoms with Crippen molar-refractivity contribution in [1.82, 2.24) is 15.0 Å². The molecule has 2 aromatic heterocycles. The summed E-state index contributed by atoms with van der Waals surface area (Å²) in [5.41, 5.74) is 12.2.